The molecule has 1 heterocycles. The van der Waals surface area contributed by atoms with Gasteiger partial charge in [0.2, 0.25) is 0 Å². The van der Waals surface area contributed by atoms with Crippen LogP contribution in [0.15, 0.2) is 34.8 Å². The third-order valence-electron chi connectivity index (χ3n) is 3.53. The van der Waals surface area contributed by atoms with Crippen molar-refractivity contribution in [3.63, 3.8) is 0 Å². The second-order valence-electron chi connectivity index (χ2n) is 4.59. The van der Waals surface area contributed by atoms with Crippen LogP contribution in [0.2, 0.25) is 0 Å². The maximum atomic E-state index is 6.39. The van der Waals surface area contributed by atoms with E-state index in [4.69, 9.17) is 5.73 Å². The predicted octanol–water partition coefficient (Wildman–Crippen LogP) is 4.16. The normalized spacial score (nSPS) is 19.6. The van der Waals surface area contributed by atoms with Gasteiger partial charge in [0.25, 0.3) is 0 Å². The van der Waals surface area contributed by atoms with Crippen LogP contribution in [0, 0.1) is 6.92 Å². The molecule has 2 aromatic rings. The molecule has 0 bridgehead atoms. The van der Waals surface area contributed by atoms with Gasteiger partial charge in [-0.1, -0.05) is 24.3 Å². The van der Waals surface area contributed by atoms with Crippen LogP contribution in [0.5, 0.6) is 0 Å². The molecule has 1 aromatic carbocycles. The zero-order valence-electron chi connectivity index (χ0n) is 9.61. The fourth-order valence-electron chi connectivity index (χ4n) is 2.46. The van der Waals surface area contributed by atoms with Gasteiger partial charge in [-0.15, -0.1) is 11.3 Å². The van der Waals surface area contributed by atoms with Gasteiger partial charge in [-0.05, 0) is 46.5 Å². The summed E-state index contributed by atoms with van der Waals surface area (Å²) in [6.07, 6.45) is 1.12. The molecule has 2 unspecified atom stereocenters. The summed E-state index contributed by atoms with van der Waals surface area (Å²) >= 11 is 5.36. The average molecular weight is 308 g/mol. The summed E-state index contributed by atoms with van der Waals surface area (Å²) in [6.45, 7) is 2.12. The maximum Gasteiger partial charge on any atom is 0.0463 e. The largest absolute Gasteiger partial charge is 0.323 e. The van der Waals surface area contributed by atoms with Crippen molar-refractivity contribution in [3.8, 4) is 0 Å². The van der Waals surface area contributed by atoms with Crippen LogP contribution in [0.25, 0.3) is 0 Å². The molecule has 0 amide bonds. The van der Waals surface area contributed by atoms with Crippen LogP contribution in [0.3, 0.4) is 0 Å². The fourth-order valence-corrected chi connectivity index (χ4v) is 4.09. The minimum atomic E-state index is 0.139. The van der Waals surface area contributed by atoms with Crippen molar-refractivity contribution < 1.29 is 0 Å². The minimum Gasteiger partial charge on any atom is -0.323 e. The third kappa shape index (κ3) is 1.86. The van der Waals surface area contributed by atoms with E-state index in [1.807, 2.05) is 0 Å². The number of rotatable bonds is 2. The molecular weight excluding hydrogens is 294 g/mol. The van der Waals surface area contributed by atoms with Crippen molar-refractivity contribution in [2.24, 2.45) is 5.73 Å². The summed E-state index contributed by atoms with van der Waals surface area (Å²) in [5.41, 5.74) is 9.28. The van der Waals surface area contributed by atoms with Gasteiger partial charge < -0.3 is 5.73 Å². The van der Waals surface area contributed by atoms with Crippen molar-refractivity contribution >= 4 is 27.3 Å². The zero-order valence-corrected chi connectivity index (χ0v) is 12.0. The van der Waals surface area contributed by atoms with E-state index in [9.17, 15) is 0 Å². The Bertz CT molecular complexity index is 542. The molecule has 1 aliphatic carbocycles. The van der Waals surface area contributed by atoms with Crippen LogP contribution in [-0.2, 0) is 6.42 Å². The highest BCUT2D eigenvalue weighted by Gasteiger charge is 2.32. The topological polar surface area (TPSA) is 26.0 Å². The fraction of sp³-hybridized carbons (Fsp3) is 0.286. The molecule has 3 heteroatoms. The Morgan fingerprint density at radius 2 is 2.18 bits per heavy atom. The summed E-state index contributed by atoms with van der Waals surface area (Å²) in [7, 11) is 0. The molecule has 0 fully saturated rings. The van der Waals surface area contributed by atoms with E-state index in [2.05, 4.69) is 53.2 Å². The number of benzene rings is 1. The molecule has 0 radical (unpaired) electrons. The maximum absolute atomic E-state index is 6.39. The van der Waals surface area contributed by atoms with Gasteiger partial charge in [-0.25, -0.2) is 0 Å². The number of hydrogen-bond donors (Lipinski definition) is 1. The van der Waals surface area contributed by atoms with Gasteiger partial charge in [0.1, 0.15) is 0 Å². The summed E-state index contributed by atoms with van der Waals surface area (Å²) in [6, 6.07) is 10.9. The first kappa shape index (κ1) is 11.5. The van der Waals surface area contributed by atoms with E-state index in [1.165, 1.54) is 25.4 Å². The number of aryl methyl sites for hydroxylation is 1. The average Bonchev–Trinajstić information content (AvgIpc) is 2.61. The Hall–Kier alpha value is -0.640. The molecule has 0 spiro atoms. The molecule has 0 aliphatic heterocycles. The molecule has 1 nitrogen and oxygen atoms in total. The monoisotopic (exact) mass is 307 g/mol. The molecule has 3 rings (SSSR count). The molecule has 2 N–H and O–H groups in total. The van der Waals surface area contributed by atoms with Crippen LogP contribution in [0.4, 0.5) is 0 Å². The van der Waals surface area contributed by atoms with Gasteiger partial charge in [-0.3, -0.25) is 0 Å². The Kier molecular flexibility index (Phi) is 2.85. The highest BCUT2D eigenvalue weighted by molar-refractivity contribution is 9.10. The number of halogens is 1. The van der Waals surface area contributed by atoms with Gasteiger partial charge in [0.05, 0.1) is 0 Å². The van der Waals surface area contributed by atoms with E-state index >= 15 is 0 Å². The predicted molar refractivity (Wildman–Crippen MR) is 76.6 cm³/mol. The minimum absolute atomic E-state index is 0.139. The molecule has 0 saturated carbocycles. The van der Waals surface area contributed by atoms with Crippen LogP contribution in [-0.4, -0.2) is 0 Å². The molecular formula is C14H14BrNS. The smallest absolute Gasteiger partial charge is 0.0463 e. The number of hydrogen-bond acceptors (Lipinski definition) is 2. The SMILES string of the molecule is Cc1sc(C(N)C2Cc3ccccc32)cc1Br. The summed E-state index contributed by atoms with van der Waals surface area (Å²) in [5.74, 6) is 0.496. The third-order valence-corrected chi connectivity index (χ3v) is 5.77. The first-order valence-corrected chi connectivity index (χ1v) is 7.37. The Morgan fingerprint density at radius 1 is 1.41 bits per heavy atom. The molecule has 1 aliphatic rings. The first-order valence-electron chi connectivity index (χ1n) is 5.76. The lowest BCUT2D eigenvalue weighted by atomic mass is 9.73. The van der Waals surface area contributed by atoms with Gasteiger partial charge in [0, 0.05) is 26.2 Å². The standard InChI is InChI=1S/C14H14BrNS/c1-8-12(15)7-13(17-8)14(16)11-6-9-4-2-3-5-10(9)11/h2-5,7,11,14H,6,16H2,1H3. The van der Waals surface area contributed by atoms with Crippen molar-refractivity contribution in [2.75, 3.05) is 0 Å². The Morgan fingerprint density at radius 3 is 2.82 bits per heavy atom. The van der Waals surface area contributed by atoms with E-state index in [0.717, 1.165) is 6.42 Å². The van der Waals surface area contributed by atoms with Crippen LogP contribution < -0.4 is 5.73 Å². The lowest BCUT2D eigenvalue weighted by Gasteiger charge is -2.34. The summed E-state index contributed by atoms with van der Waals surface area (Å²) in [5, 5.41) is 0. The molecule has 17 heavy (non-hydrogen) atoms. The highest BCUT2D eigenvalue weighted by Crippen LogP contribution is 2.44. The van der Waals surface area contributed by atoms with Gasteiger partial charge >= 0.3 is 0 Å². The molecule has 1 aromatic heterocycles. The van der Waals surface area contributed by atoms with Crippen LogP contribution in [0.1, 0.15) is 32.8 Å². The second-order valence-corrected chi connectivity index (χ2v) is 6.73. The summed E-state index contributed by atoms with van der Waals surface area (Å²) < 4.78 is 1.18. The lowest BCUT2D eigenvalue weighted by molar-refractivity contribution is 0.506. The van der Waals surface area contributed by atoms with Crippen molar-refractivity contribution in [3.05, 3.63) is 55.7 Å². The molecule has 0 saturated heterocycles. The van der Waals surface area contributed by atoms with E-state index in [0.29, 0.717) is 5.92 Å². The number of fused-ring (bicyclic) bond motifs is 1. The molecule has 88 valence electrons. The number of nitrogens with two attached hydrogens (primary N) is 1. The summed E-state index contributed by atoms with van der Waals surface area (Å²) in [4.78, 5) is 2.59. The zero-order chi connectivity index (χ0) is 12.0. The van der Waals surface area contributed by atoms with Gasteiger partial charge in [0.15, 0.2) is 0 Å². The Balaban J connectivity index is 1.88. The van der Waals surface area contributed by atoms with Crippen molar-refractivity contribution in [1.29, 1.82) is 0 Å². The quantitative estimate of drug-likeness (QED) is 0.886. The second kappa shape index (κ2) is 4.23. The van der Waals surface area contributed by atoms with Gasteiger partial charge in [-0.2, -0.15) is 0 Å². The molecule has 2 atom stereocenters. The van der Waals surface area contributed by atoms with Crippen molar-refractivity contribution in [1.82, 2.24) is 0 Å². The highest BCUT2D eigenvalue weighted by atomic mass is 79.9. The van der Waals surface area contributed by atoms with Crippen LogP contribution >= 0.6 is 27.3 Å². The van der Waals surface area contributed by atoms with E-state index in [1.54, 1.807) is 11.3 Å². The number of thiophene rings is 1. The first-order chi connectivity index (χ1) is 8.16. The Labute approximate surface area is 114 Å². The van der Waals surface area contributed by atoms with Crippen molar-refractivity contribution in [2.45, 2.75) is 25.3 Å². The lowest BCUT2D eigenvalue weighted by Crippen LogP contribution is -2.28. The van der Waals surface area contributed by atoms with E-state index < -0.39 is 0 Å². The van der Waals surface area contributed by atoms with E-state index in [-0.39, 0.29) is 6.04 Å².